The lowest BCUT2D eigenvalue weighted by atomic mass is 10.3. The molecule has 3 aromatic rings. The van der Waals surface area contributed by atoms with Crippen LogP contribution in [-0.2, 0) is 6.54 Å². The van der Waals surface area contributed by atoms with Gasteiger partial charge in [0.15, 0.2) is 5.65 Å². The molecule has 92 valence electrons. The van der Waals surface area contributed by atoms with Crippen LogP contribution < -0.4 is 5.73 Å². The highest BCUT2D eigenvalue weighted by atomic mass is 32.1. The zero-order chi connectivity index (χ0) is 12.5. The van der Waals surface area contributed by atoms with Crippen molar-refractivity contribution in [3.05, 3.63) is 29.8 Å². The molecule has 0 aromatic carbocycles. The van der Waals surface area contributed by atoms with Crippen LogP contribution in [0.15, 0.2) is 29.8 Å². The summed E-state index contributed by atoms with van der Waals surface area (Å²) in [7, 11) is 0. The number of nitrogens with two attached hydrogens (primary N) is 1. The molecular formula is C13H14N4S. The Kier molecular flexibility index (Phi) is 2.76. The zero-order valence-corrected chi connectivity index (χ0v) is 10.9. The molecule has 18 heavy (non-hydrogen) atoms. The van der Waals surface area contributed by atoms with Crippen LogP contribution in [0.4, 0.5) is 5.00 Å². The van der Waals surface area contributed by atoms with Crippen LogP contribution in [0.3, 0.4) is 0 Å². The van der Waals surface area contributed by atoms with Crippen LogP contribution in [0.25, 0.3) is 22.6 Å². The average molecular weight is 258 g/mol. The van der Waals surface area contributed by atoms with E-state index in [1.807, 2.05) is 23.6 Å². The molecule has 0 fully saturated rings. The van der Waals surface area contributed by atoms with E-state index in [4.69, 9.17) is 5.73 Å². The van der Waals surface area contributed by atoms with Crippen molar-refractivity contribution in [3.8, 4) is 11.4 Å². The van der Waals surface area contributed by atoms with Gasteiger partial charge in [0.05, 0.1) is 10.6 Å². The van der Waals surface area contributed by atoms with Crippen molar-refractivity contribution in [1.82, 2.24) is 14.5 Å². The van der Waals surface area contributed by atoms with E-state index >= 15 is 0 Å². The Labute approximate surface area is 109 Å². The van der Waals surface area contributed by atoms with Crippen LogP contribution in [0.1, 0.15) is 13.3 Å². The van der Waals surface area contributed by atoms with Crippen molar-refractivity contribution < 1.29 is 0 Å². The van der Waals surface area contributed by atoms with E-state index in [1.165, 1.54) is 11.3 Å². The molecular weight excluding hydrogens is 244 g/mol. The highest BCUT2D eigenvalue weighted by Crippen LogP contribution is 2.31. The summed E-state index contributed by atoms with van der Waals surface area (Å²) >= 11 is 1.54. The maximum atomic E-state index is 6.00. The molecule has 2 N–H and O–H groups in total. The van der Waals surface area contributed by atoms with Crippen molar-refractivity contribution in [2.24, 2.45) is 0 Å². The summed E-state index contributed by atoms with van der Waals surface area (Å²) in [5, 5.41) is 2.80. The van der Waals surface area contributed by atoms with Crippen LogP contribution >= 0.6 is 11.3 Å². The van der Waals surface area contributed by atoms with Crippen LogP contribution in [0, 0.1) is 0 Å². The number of rotatable bonds is 3. The molecule has 3 heterocycles. The fourth-order valence-electron chi connectivity index (χ4n) is 2.11. The third-order valence-electron chi connectivity index (χ3n) is 2.89. The Morgan fingerprint density at radius 1 is 1.39 bits per heavy atom. The molecule has 0 aliphatic heterocycles. The topological polar surface area (TPSA) is 56.7 Å². The molecule has 0 atom stereocenters. The van der Waals surface area contributed by atoms with E-state index in [2.05, 4.69) is 21.5 Å². The predicted octanol–water partition coefficient (Wildman–Crippen LogP) is 3.15. The predicted molar refractivity (Wildman–Crippen MR) is 75.5 cm³/mol. The van der Waals surface area contributed by atoms with Crippen LogP contribution in [0.2, 0.25) is 0 Å². The molecule has 5 heteroatoms. The number of anilines is 1. The maximum Gasteiger partial charge on any atom is 0.160 e. The Bertz CT molecular complexity index is 683. The number of pyridine rings is 1. The first-order valence-corrected chi connectivity index (χ1v) is 6.84. The van der Waals surface area contributed by atoms with Crippen molar-refractivity contribution in [1.29, 1.82) is 0 Å². The fourth-order valence-corrected chi connectivity index (χ4v) is 2.74. The minimum atomic E-state index is 0.808. The first kappa shape index (κ1) is 11.2. The van der Waals surface area contributed by atoms with Gasteiger partial charge in [0.2, 0.25) is 0 Å². The Balaban J connectivity index is 2.28. The third kappa shape index (κ3) is 1.67. The number of nitrogen functional groups attached to an aromatic ring is 1. The third-order valence-corrected chi connectivity index (χ3v) is 3.63. The van der Waals surface area contributed by atoms with Gasteiger partial charge in [-0.1, -0.05) is 6.92 Å². The lowest BCUT2D eigenvalue weighted by Crippen LogP contribution is -2.01. The lowest BCUT2D eigenvalue weighted by Gasteiger charge is -2.06. The summed E-state index contributed by atoms with van der Waals surface area (Å²) in [5.41, 5.74) is 8.86. The van der Waals surface area contributed by atoms with Gasteiger partial charge < -0.3 is 10.3 Å². The maximum absolute atomic E-state index is 6.00. The summed E-state index contributed by atoms with van der Waals surface area (Å²) in [5.74, 6) is 0.921. The fraction of sp³-hybridized carbons (Fsp3) is 0.231. The van der Waals surface area contributed by atoms with Crippen molar-refractivity contribution in [2.45, 2.75) is 19.9 Å². The van der Waals surface area contributed by atoms with Gasteiger partial charge in [-0.15, -0.1) is 11.3 Å². The largest absolute Gasteiger partial charge is 0.390 e. The second kappa shape index (κ2) is 4.42. The molecule has 0 spiro atoms. The zero-order valence-electron chi connectivity index (χ0n) is 10.1. The molecule has 3 aromatic heterocycles. The Morgan fingerprint density at radius 2 is 2.28 bits per heavy atom. The summed E-state index contributed by atoms with van der Waals surface area (Å²) in [4.78, 5) is 9.08. The minimum absolute atomic E-state index is 0.808. The molecule has 0 bridgehead atoms. The molecule has 0 aliphatic rings. The van der Waals surface area contributed by atoms with Gasteiger partial charge >= 0.3 is 0 Å². The molecule has 0 radical (unpaired) electrons. The van der Waals surface area contributed by atoms with E-state index < -0.39 is 0 Å². The lowest BCUT2D eigenvalue weighted by molar-refractivity contribution is 0.699. The first-order chi connectivity index (χ1) is 8.81. The molecule has 0 saturated heterocycles. The molecule has 0 unspecified atom stereocenters. The Hall–Kier alpha value is -1.88. The number of thiophene rings is 1. The van der Waals surface area contributed by atoms with Gasteiger partial charge in [-0.05, 0) is 30.0 Å². The molecule has 0 aliphatic carbocycles. The summed E-state index contributed by atoms with van der Waals surface area (Å²) in [6.45, 7) is 3.05. The smallest absolute Gasteiger partial charge is 0.160 e. The number of nitrogens with zero attached hydrogens (tertiary/aromatic N) is 3. The van der Waals surface area contributed by atoms with Crippen LogP contribution in [-0.4, -0.2) is 14.5 Å². The van der Waals surface area contributed by atoms with Gasteiger partial charge in [0.25, 0.3) is 0 Å². The monoisotopic (exact) mass is 258 g/mol. The van der Waals surface area contributed by atoms with Crippen molar-refractivity contribution in [3.63, 3.8) is 0 Å². The SMILES string of the molecule is CCCn1c(-c2ccsc2N)nc2cccnc21. The molecule has 3 rings (SSSR count). The van der Waals surface area contributed by atoms with Crippen molar-refractivity contribution >= 4 is 27.5 Å². The second-order valence-corrected chi connectivity index (χ2v) is 5.08. The van der Waals surface area contributed by atoms with Gasteiger partial charge in [0, 0.05) is 12.7 Å². The van der Waals surface area contributed by atoms with E-state index in [9.17, 15) is 0 Å². The summed E-state index contributed by atoms with van der Waals surface area (Å²) in [6.07, 6.45) is 2.84. The van der Waals surface area contributed by atoms with Gasteiger partial charge in [-0.25, -0.2) is 9.97 Å². The minimum Gasteiger partial charge on any atom is -0.390 e. The van der Waals surface area contributed by atoms with E-state index in [0.29, 0.717) is 0 Å². The van der Waals surface area contributed by atoms with E-state index in [1.54, 1.807) is 6.20 Å². The van der Waals surface area contributed by atoms with Crippen molar-refractivity contribution in [2.75, 3.05) is 5.73 Å². The first-order valence-electron chi connectivity index (χ1n) is 5.96. The number of aromatic nitrogens is 3. The number of aryl methyl sites for hydroxylation is 1. The molecule has 4 nitrogen and oxygen atoms in total. The average Bonchev–Trinajstić information content (AvgIpc) is 2.94. The molecule has 0 amide bonds. The van der Waals surface area contributed by atoms with E-state index in [0.717, 1.165) is 40.5 Å². The second-order valence-electron chi connectivity index (χ2n) is 4.13. The number of hydrogen-bond donors (Lipinski definition) is 1. The quantitative estimate of drug-likeness (QED) is 0.785. The van der Waals surface area contributed by atoms with Crippen LogP contribution in [0.5, 0.6) is 0 Å². The highest BCUT2D eigenvalue weighted by Gasteiger charge is 2.15. The standard InChI is InChI=1S/C13H14N4S/c1-2-7-17-12(9-5-8-18-11(9)14)16-10-4-3-6-15-13(10)17/h3-6,8H,2,7,14H2,1H3. The van der Waals surface area contributed by atoms with Gasteiger partial charge in [0.1, 0.15) is 11.3 Å². The van der Waals surface area contributed by atoms with Gasteiger partial charge in [-0.2, -0.15) is 0 Å². The van der Waals surface area contributed by atoms with Gasteiger partial charge in [-0.3, -0.25) is 0 Å². The number of hydrogen-bond acceptors (Lipinski definition) is 4. The highest BCUT2D eigenvalue weighted by molar-refractivity contribution is 7.14. The Morgan fingerprint density at radius 3 is 3.00 bits per heavy atom. The van der Waals surface area contributed by atoms with E-state index in [-0.39, 0.29) is 0 Å². The normalized spacial score (nSPS) is 11.2. The number of imidazole rings is 1. The number of fused-ring (bicyclic) bond motifs is 1. The summed E-state index contributed by atoms with van der Waals surface area (Å²) in [6, 6.07) is 5.92. The molecule has 0 saturated carbocycles. The summed E-state index contributed by atoms with van der Waals surface area (Å²) < 4.78 is 2.15.